The summed E-state index contributed by atoms with van der Waals surface area (Å²) in [7, 11) is -3.91. The number of ether oxygens (including phenoxy) is 1. The number of amides is 1. The molecule has 3 rings (SSSR count). The number of halogens is 5. The second-order valence-electron chi connectivity index (χ2n) is 7.07. The van der Waals surface area contributed by atoms with E-state index in [1.165, 1.54) is 36.4 Å². The molecule has 0 aliphatic rings. The molecule has 0 aliphatic carbocycles. The predicted molar refractivity (Wildman–Crippen MR) is 124 cm³/mol. The largest absolute Gasteiger partial charge is 0.484 e. The van der Waals surface area contributed by atoms with Gasteiger partial charge in [0.25, 0.3) is 15.9 Å². The summed E-state index contributed by atoms with van der Waals surface area (Å²) >= 11 is 11.6. The molecule has 0 saturated heterocycles. The number of aryl methyl sites for hydroxylation is 1. The summed E-state index contributed by atoms with van der Waals surface area (Å²) in [4.78, 5) is 12.0. The Morgan fingerprint density at radius 3 is 2.29 bits per heavy atom. The number of carbonyl (C=O) groups excluding carboxylic acids is 1. The molecular formula is C22H17Cl2F3N2O4S. The number of rotatable bonds is 7. The summed E-state index contributed by atoms with van der Waals surface area (Å²) < 4.78 is 72.2. The van der Waals surface area contributed by atoms with Crippen molar-refractivity contribution in [2.45, 2.75) is 18.0 Å². The fourth-order valence-electron chi connectivity index (χ4n) is 2.78. The molecule has 0 bridgehead atoms. The highest BCUT2D eigenvalue weighted by Gasteiger charge is 2.34. The van der Waals surface area contributed by atoms with Crippen LogP contribution in [0.2, 0.25) is 10.0 Å². The van der Waals surface area contributed by atoms with Crippen LogP contribution < -0.4 is 14.8 Å². The van der Waals surface area contributed by atoms with Gasteiger partial charge in [-0.15, -0.1) is 0 Å². The molecule has 0 aliphatic heterocycles. The monoisotopic (exact) mass is 532 g/mol. The van der Waals surface area contributed by atoms with Gasteiger partial charge in [-0.2, -0.15) is 13.2 Å². The van der Waals surface area contributed by atoms with E-state index in [2.05, 4.69) is 10.0 Å². The second kappa shape index (κ2) is 10.1. The summed E-state index contributed by atoms with van der Waals surface area (Å²) in [5.74, 6) is -0.706. The van der Waals surface area contributed by atoms with E-state index in [0.717, 1.165) is 11.6 Å². The van der Waals surface area contributed by atoms with Gasteiger partial charge in [-0.05, 0) is 67.1 Å². The van der Waals surface area contributed by atoms with Crippen molar-refractivity contribution in [3.8, 4) is 5.75 Å². The molecular weight excluding hydrogens is 516 g/mol. The highest BCUT2D eigenvalue weighted by Crippen LogP contribution is 2.36. The van der Waals surface area contributed by atoms with E-state index in [1.54, 1.807) is 19.1 Å². The van der Waals surface area contributed by atoms with E-state index in [9.17, 15) is 26.4 Å². The van der Waals surface area contributed by atoms with Crippen molar-refractivity contribution >= 4 is 50.5 Å². The minimum absolute atomic E-state index is 0.0722. The first kappa shape index (κ1) is 25.7. The molecule has 0 radical (unpaired) electrons. The molecule has 6 nitrogen and oxygen atoms in total. The highest BCUT2D eigenvalue weighted by atomic mass is 35.5. The fourth-order valence-corrected chi connectivity index (χ4v) is 4.18. The second-order valence-corrected chi connectivity index (χ2v) is 9.59. The van der Waals surface area contributed by atoms with Crippen LogP contribution in [0.4, 0.5) is 24.5 Å². The Morgan fingerprint density at radius 2 is 1.68 bits per heavy atom. The fraction of sp³-hybridized carbons (Fsp3) is 0.136. The molecule has 0 heterocycles. The summed E-state index contributed by atoms with van der Waals surface area (Å²) in [5.41, 5.74) is -0.478. The van der Waals surface area contributed by atoms with Gasteiger partial charge in [0, 0.05) is 10.0 Å². The van der Waals surface area contributed by atoms with Crippen LogP contribution in [0, 0.1) is 6.92 Å². The minimum atomic E-state index is -4.71. The zero-order valence-corrected chi connectivity index (χ0v) is 19.7. The number of benzene rings is 3. The third kappa shape index (κ3) is 6.55. The Hall–Kier alpha value is -2.95. The Balaban J connectivity index is 1.63. The topological polar surface area (TPSA) is 84.5 Å². The van der Waals surface area contributed by atoms with Gasteiger partial charge in [-0.1, -0.05) is 29.3 Å². The lowest BCUT2D eigenvalue weighted by atomic mass is 10.1. The molecule has 2 N–H and O–H groups in total. The van der Waals surface area contributed by atoms with E-state index in [0.29, 0.717) is 11.1 Å². The summed E-state index contributed by atoms with van der Waals surface area (Å²) in [6, 6.07) is 12.8. The first-order valence-electron chi connectivity index (χ1n) is 9.53. The number of hydrogen-bond acceptors (Lipinski definition) is 4. The van der Waals surface area contributed by atoms with Gasteiger partial charge in [-0.25, -0.2) is 8.42 Å². The lowest BCUT2D eigenvalue weighted by Gasteiger charge is -2.14. The van der Waals surface area contributed by atoms with E-state index in [1.807, 2.05) is 0 Å². The van der Waals surface area contributed by atoms with E-state index in [-0.39, 0.29) is 21.4 Å². The van der Waals surface area contributed by atoms with Crippen LogP contribution in [0.15, 0.2) is 65.6 Å². The molecule has 12 heteroatoms. The van der Waals surface area contributed by atoms with E-state index in [4.69, 9.17) is 27.9 Å². The number of anilines is 2. The minimum Gasteiger partial charge on any atom is -0.484 e. The smallest absolute Gasteiger partial charge is 0.418 e. The SMILES string of the molecule is Cc1ccc(NS(=O)(=O)c2ccc(OCC(=O)Nc3ccc(Cl)cc3C(F)(F)F)cc2)cc1Cl. The van der Waals surface area contributed by atoms with Crippen molar-refractivity contribution in [1.29, 1.82) is 0 Å². The van der Waals surface area contributed by atoms with Crippen molar-refractivity contribution in [3.63, 3.8) is 0 Å². The highest BCUT2D eigenvalue weighted by molar-refractivity contribution is 7.92. The number of nitrogens with one attached hydrogen (secondary N) is 2. The van der Waals surface area contributed by atoms with Crippen LogP contribution in [0.25, 0.3) is 0 Å². The Morgan fingerprint density at radius 1 is 1.00 bits per heavy atom. The molecule has 0 saturated carbocycles. The maximum atomic E-state index is 13.1. The number of sulfonamides is 1. The van der Waals surface area contributed by atoms with Gasteiger partial charge in [0.2, 0.25) is 0 Å². The van der Waals surface area contributed by atoms with Gasteiger partial charge in [0.15, 0.2) is 6.61 Å². The van der Waals surface area contributed by atoms with Crippen molar-refractivity contribution in [1.82, 2.24) is 0 Å². The lowest BCUT2D eigenvalue weighted by molar-refractivity contribution is -0.137. The molecule has 0 fully saturated rings. The molecule has 0 unspecified atom stereocenters. The molecule has 0 spiro atoms. The molecule has 3 aromatic rings. The standard InChI is InChI=1S/C22H17Cl2F3N2O4S/c1-13-2-4-15(11-19(13)24)29-34(31,32)17-7-5-16(6-8-17)33-12-21(30)28-20-9-3-14(23)10-18(20)22(25,26)27/h2-11,29H,12H2,1H3,(H,28,30). The Kier molecular flexibility index (Phi) is 7.64. The summed E-state index contributed by atoms with van der Waals surface area (Å²) in [6.07, 6.45) is -4.71. The van der Waals surface area contributed by atoms with Crippen LogP contribution in [0.1, 0.15) is 11.1 Å². The van der Waals surface area contributed by atoms with Crippen LogP contribution in [-0.4, -0.2) is 20.9 Å². The number of hydrogen-bond donors (Lipinski definition) is 2. The molecule has 1 amide bonds. The van der Waals surface area contributed by atoms with Gasteiger partial charge >= 0.3 is 6.18 Å². The quantitative estimate of drug-likeness (QED) is 0.382. The van der Waals surface area contributed by atoms with E-state index < -0.39 is 40.0 Å². The average Bonchev–Trinajstić information content (AvgIpc) is 2.75. The Bertz CT molecular complexity index is 1310. The average molecular weight is 533 g/mol. The first-order valence-corrected chi connectivity index (χ1v) is 11.8. The first-order chi connectivity index (χ1) is 15.8. The van der Waals surface area contributed by atoms with Crippen LogP contribution >= 0.6 is 23.2 Å². The summed E-state index contributed by atoms with van der Waals surface area (Å²) in [6.45, 7) is 1.18. The van der Waals surface area contributed by atoms with Crippen LogP contribution in [0.5, 0.6) is 5.75 Å². The third-order valence-electron chi connectivity index (χ3n) is 4.49. The van der Waals surface area contributed by atoms with Crippen molar-refractivity contribution in [2.24, 2.45) is 0 Å². The van der Waals surface area contributed by atoms with E-state index >= 15 is 0 Å². The third-order valence-corrected chi connectivity index (χ3v) is 6.53. The lowest BCUT2D eigenvalue weighted by Crippen LogP contribution is -2.22. The van der Waals surface area contributed by atoms with Crippen LogP contribution in [-0.2, 0) is 21.0 Å². The summed E-state index contributed by atoms with van der Waals surface area (Å²) in [5, 5.41) is 2.40. The normalized spacial score (nSPS) is 11.7. The maximum Gasteiger partial charge on any atom is 0.418 e. The molecule has 34 heavy (non-hydrogen) atoms. The zero-order valence-electron chi connectivity index (χ0n) is 17.4. The van der Waals surface area contributed by atoms with Crippen molar-refractivity contribution in [2.75, 3.05) is 16.6 Å². The number of carbonyl (C=O) groups is 1. The molecule has 180 valence electrons. The molecule has 0 atom stereocenters. The number of alkyl halides is 3. The Labute approximate surface area is 203 Å². The van der Waals surface area contributed by atoms with Gasteiger partial charge in [0.1, 0.15) is 5.75 Å². The van der Waals surface area contributed by atoms with Gasteiger partial charge < -0.3 is 10.1 Å². The predicted octanol–water partition coefficient (Wildman–Crippen LogP) is 6.14. The molecule has 3 aromatic carbocycles. The maximum absolute atomic E-state index is 13.1. The van der Waals surface area contributed by atoms with Crippen molar-refractivity contribution in [3.05, 3.63) is 81.8 Å². The van der Waals surface area contributed by atoms with Gasteiger partial charge in [0.05, 0.1) is 21.8 Å². The zero-order chi connectivity index (χ0) is 25.1. The molecule has 0 aromatic heterocycles. The van der Waals surface area contributed by atoms with Crippen molar-refractivity contribution < 1.29 is 31.1 Å². The van der Waals surface area contributed by atoms with Gasteiger partial charge in [-0.3, -0.25) is 9.52 Å². The van der Waals surface area contributed by atoms with Crippen LogP contribution in [0.3, 0.4) is 0 Å².